The van der Waals surface area contributed by atoms with Gasteiger partial charge in [-0.1, -0.05) is 0 Å². The molecule has 0 aliphatic rings. The molecule has 1 amide bonds. The predicted octanol–water partition coefficient (Wildman–Crippen LogP) is 4.40. The van der Waals surface area contributed by atoms with Gasteiger partial charge in [0.2, 0.25) is 0 Å². The Kier molecular flexibility index (Phi) is 4.51. The van der Waals surface area contributed by atoms with E-state index in [1.54, 1.807) is 18.3 Å². The van der Waals surface area contributed by atoms with Crippen molar-refractivity contribution in [3.8, 4) is 0 Å². The maximum Gasteiger partial charge on any atom is 0.281 e. The van der Waals surface area contributed by atoms with Crippen LogP contribution in [0.5, 0.6) is 0 Å². The highest BCUT2D eigenvalue weighted by molar-refractivity contribution is 9.11. The molecule has 0 aliphatic carbocycles. The molecule has 23 heavy (non-hydrogen) atoms. The van der Waals surface area contributed by atoms with E-state index in [0.29, 0.717) is 10.3 Å². The van der Waals surface area contributed by atoms with Gasteiger partial charge in [-0.3, -0.25) is 14.9 Å². The predicted molar refractivity (Wildman–Crippen MR) is 95.6 cm³/mol. The molecule has 0 saturated heterocycles. The van der Waals surface area contributed by atoms with Crippen LogP contribution in [0.25, 0.3) is 10.1 Å². The van der Waals surface area contributed by atoms with Crippen LogP contribution in [0.15, 0.2) is 45.3 Å². The zero-order valence-corrected chi connectivity index (χ0v) is 14.6. The highest BCUT2D eigenvalue weighted by Gasteiger charge is 2.12. The number of halogens is 1. The summed E-state index contributed by atoms with van der Waals surface area (Å²) in [6, 6.07) is 9.92. The topological polar surface area (TPSA) is 84.6 Å². The SMILES string of the molecule is O=C(N/N=C\c1ccc(Br)s1)c1cc2cc([N+](=O)[O-])ccc2s1. The van der Waals surface area contributed by atoms with Crippen molar-refractivity contribution in [2.45, 2.75) is 0 Å². The van der Waals surface area contributed by atoms with Gasteiger partial charge in [0.15, 0.2) is 0 Å². The molecule has 0 spiro atoms. The van der Waals surface area contributed by atoms with Gasteiger partial charge < -0.3 is 0 Å². The Labute approximate surface area is 146 Å². The quantitative estimate of drug-likeness (QED) is 0.393. The number of carbonyl (C=O) groups is 1. The number of nitrogens with zero attached hydrogens (tertiary/aromatic N) is 2. The fraction of sp³-hybridized carbons (Fsp3) is 0. The van der Waals surface area contributed by atoms with Gasteiger partial charge in [-0.05, 0) is 40.2 Å². The Morgan fingerprint density at radius 2 is 2.09 bits per heavy atom. The van der Waals surface area contributed by atoms with Crippen LogP contribution in [0.2, 0.25) is 0 Å². The van der Waals surface area contributed by atoms with Gasteiger partial charge in [0.25, 0.3) is 11.6 Å². The van der Waals surface area contributed by atoms with E-state index >= 15 is 0 Å². The Bertz CT molecular complexity index is 932. The summed E-state index contributed by atoms with van der Waals surface area (Å²) < 4.78 is 1.79. The number of nitro groups is 1. The van der Waals surface area contributed by atoms with E-state index in [4.69, 9.17) is 0 Å². The van der Waals surface area contributed by atoms with E-state index in [-0.39, 0.29) is 11.6 Å². The smallest absolute Gasteiger partial charge is 0.266 e. The second-order valence-electron chi connectivity index (χ2n) is 4.43. The summed E-state index contributed by atoms with van der Waals surface area (Å²) in [7, 11) is 0. The van der Waals surface area contributed by atoms with Crippen molar-refractivity contribution in [1.29, 1.82) is 0 Å². The lowest BCUT2D eigenvalue weighted by molar-refractivity contribution is -0.384. The lowest BCUT2D eigenvalue weighted by Crippen LogP contribution is -2.15. The fourth-order valence-electron chi connectivity index (χ4n) is 1.86. The molecule has 0 fully saturated rings. The van der Waals surface area contributed by atoms with Crippen LogP contribution >= 0.6 is 38.6 Å². The molecule has 0 aliphatic heterocycles. The third-order valence-corrected chi connectivity index (χ3v) is 5.56. The monoisotopic (exact) mass is 409 g/mol. The Morgan fingerprint density at radius 1 is 1.26 bits per heavy atom. The number of rotatable bonds is 4. The molecule has 0 radical (unpaired) electrons. The molecule has 3 rings (SSSR count). The molecular weight excluding hydrogens is 402 g/mol. The van der Waals surface area contributed by atoms with Gasteiger partial charge in [0, 0.05) is 27.1 Å². The first-order valence-corrected chi connectivity index (χ1v) is 8.72. The minimum Gasteiger partial charge on any atom is -0.266 e. The van der Waals surface area contributed by atoms with Crippen molar-refractivity contribution < 1.29 is 9.72 Å². The summed E-state index contributed by atoms with van der Waals surface area (Å²) in [5.41, 5.74) is 2.46. The van der Waals surface area contributed by atoms with Crippen LogP contribution in [0.3, 0.4) is 0 Å². The first-order valence-electron chi connectivity index (χ1n) is 6.29. The van der Waals surface area contributed by atoms with Crippen LogP contribution < -0.4 is 5.43 Å². The zero-order chi connectivity index (χ0) is 16.4. The van der Waals surface area contributed by atoms with Gasteiger partial charge in [-0.15, -0.1) is 22.7 Å². The summed E-state index contributed by atoms with van der Waals surface area (Å²) in [6.07, 6.45) is 1.56. The maximum atomic E-state index is 12.1. The molecular formula is C14H8BrN3O3S2. The van der Waals surface area contributed by atoms with Crippen molar-refractivity contribution in [3.63, 3.8) is 0 Å². The highest BCUT2D eigenvalue weighted by Crippen LogP contribution is 2.28. The second-order valence-corrected chi connectivity index (χ2v) is 8.01. The average Bonchev–Trinajstić information content (AvgIpc) is 3.12. The van der Waals surface area contributed by atoms with E-state index in [1.165, 1.54) is 34.8 Å². The Morgan fingerprint density at radius 3 is 2.78 bits per heavy atom. The van der Waals surface area contributed by atoms with Crippen LogP contribution in [0.1, 0.15) is 14.5 Å². The van der Waals surface area contributed by atoms with E-state index in [0.717, 1.165) is 13.4 Å². The third-order valence-electron chi connectivity index (χ3n) is 2.89. The molecule has 9 heteroatoms. The van der Waals surface area contributed by atoms with E-state index < -0.39 is 4.92 Å². The highest BCUT2D eigenvalue weighted by atomic mass is 79.9. The number of carbonyl (C=O) groups excluding carboxylic acids is 1. The Hall–Kier alpha value is -2.10. The van der Waals surface area contributed by atoms with Gasteiger partial charge in [-0.25, -0.2) is 5.43 Å². The Balaban J connectivity index is 1.75. The first-order chi connectivity index (χ1) is 11.0. The van der Waals surface area contributed by atoms with Gasteiger partial charge in [0.05, 0.1) is 19.8 Å². The molecule has 2 heterocycles. The lowest BCUT2D eigenvalue weighted by Gasteiger charge is -1.94. The molecule has 0 bridgehead atoms. The number of amides is 1. The number of nitro benzene ring substituents is 1. The third kappa shape index (κ3) is 3.63. The molecule has 1 aromatic carbocycles. The lowest BCUT2D eigenvalue weighted by atomic mass is 10.2. The van der Waals surface area contributed by atoms with Crippen LogP contribution in [0, 0.1) is 10.1 Å². The molecule has 1 N–H and O–H groups in total. The molecule has 2 aromatic heterocycles. The number of nitrogens with one attached hydrogen (secondary N) is 1. The standard InChI is InChI=1S/C14H8BrN3O3S2/c15-13-4-2-10(22-13)7-16-17-14(19)12-6-8-5-9(18(20)21)1-3-11(8)23-12/h1-7H,(H,17,19)/b16-7-. The number of fused-ring (bicyclic) bond motifs is 1. The summed E-state index contributed by atoms with van der Waals surface area (Å²) in [5, 5.41) is 15.3. The summed E-state index contributed by atoms with van der Waals surface area (Å²) in [5.74, 6) is -0.347. The van der Waals surface area contributed by atoms with E-state index in [9.17, 15) is 14.9 Å². The van der Waals surface area contributed by atoms with Crippen LogP contribution in [0.4, 0.5) is 5.69 Å². The first kappa shape index (κ1) is 15.8. The maximum absolute atomic E-state index is 12.1. The average molecular weight is 410 g/mol. The molecule has 0 saturated carbocycles. The molecule has 6 nitrogen and oxygen atoms in total. The number of hydrazone groups is 1. The largest absolute Gasteiger partial charge is 0.281 e. The molecule has 116 valence electrons. The van der Waals surface area contributed by atoms with Gasteiger partial charge in [0.1, 0.15) is 0 Å². The van der Waals surface area contributed by atoms with Gasteiger partial charge in [-0.2, -0.15) is 5.10 Å². The minimum atomic E-state index is -0.458. The number of benzene rings is 1. The number of non-ortho nitro benzene ring substituents is 1. The summed E-state index contributed by atoms with van der Waals surface area (Å²) >= 11 is 6.11. The number of hydrogen-bond donors (Lipinski definition) is 1. The number of thiophene rings is 2. The molecule has 0 unspecified atom stereocenters. The number of hydrogen-bond acceptors (Lipinski definition) is 6. The van der Waals surface area contributed by atoms with Crippen molar-refractivity contribution in [2.24, 2.45) is 5.10 Å². The van der Waals surface area contributed by atoms with Crippen molar-refractivity contribution in [1.82, 2.24) is 5.43 Å². The van der Waals surface area contributed by atoms with E-state index in [2.05, 4.69) is 26.5 Å². The van der Waals surface area contributed by atoms with Crippen LogP contribution in [-0.4, -0.2) is 17.0 Å². The van der Waals surface area contributed by atoms with Crippen molar-refractivity contribution in [2.75, 3.05) is 0 Å². The normalized spacial score (nSPS) is 11.2. The van der Waals surface area contributed by atoms with E-state index in [1.807, 2.05) is 12.1 Å². The molecule has 3 aromatic rings. The summed E-state index contributed by atoms with van der Waals surface area (Å²) in [6.45, 7) is 0. The zero-order valence-electron chi connectivity index (χ0n) is 11.4. The van der Waals surface area contributed by atoms with Gasteiger partial charge >= 0.3 is 0 Å². The summed E-state index contributed by atoms with van der Waals surface area (Å²) in [4.78, 5) is 23.7. The minimum absolute atomic E-state index is 0.00329. The van der Waals surface area contributed by atoms with Crippen molar-refractivity contribution in [3.05, 3.63) is 60.1 Å². The molecule has 0 atom stereocenters. The van der Waals surface area contributed by atoms with Crippen LogP contribution in [-0.2, 0) is 0 Å². The van der Waals surface area contributed by atoms with Crippen molar-refractivity contribution >= 4 is 66.5 Å². The second kappa shape index (κ2) is 6.57. The fourth-order valence-corrected chi connectivity index (χ4v) is 4.09.